The predicted molar refractivity (Wildman–Crippen MR) is 316 cm³/mol. The number of benzene rings is 4. The molecule has 6 aromatic rings. The Labute approximate surface area is 506 Å². The second kappa shape index (κ2) is 26.7. The fourth-order valence-corrected chi connectivity index (χ4v) is 11.4. The van der Waals surface area contributed by atoms with Gasteiger partial charge in [-0.15, -0.1) is 0 Å². The van der Waals surface area contributed by atoms with Crippen LogP contribution in [-0.4, -0.2) is 170 Å². The van der Waals surface area contributed by atoms with Gasteiger partial charge in [-0.1, -0.05) is 88.4 Å². The minimum Gasteiger partial charge on any atom is -0.435 e. The van der Waals surface area contributed by atoms with Crippen molar-refractivity contribution >= 4 is 46.6 Å². The predicted octanol–water partition coefficient (Wildman–Crippen LogP) is 8.98. The van der Waals surface area contributed by atoms with Crippen LogP contribution >= 0.6 is 11.6 Å². The maximum absolute atomic E-state index is 15.1. The van der Waals surface area contributed by atoms with Crippen LogP contribution in [0.1, 0.15) is 82.5 Å². The van der Waals surface area contributed by atoms with Crippen LogP contribution in [0.3, 0.4) is 0 Å². The number of aromatic nitrogens is 2. The summed E-state index contributed by atoms with van der Waals surface area (Å²) in [5.74, 6) is -2.93. The van der Waals surface area contributed by atoms with Gasteiger partial charge in [0.25, 0.3) is 11.8 Å². The van der Waals surface area contributed by atoms with Crippen LogP contribution in [0.2, 0.25) is 0 Å². The summed E-state index contributed by atoms with van der Waals surface area (Å²) in [6.45, 7) is 15.4. The number of ether oxygens (including phenoxy) is 6. The molecule has 2 atom stereocenters. The van der Waals surface area contributed by atoms with E-state index < -0.39 is 52.1 Å². The van der Waals surface area contributed by atoms with E-state index in [0.717, 1.165) is 11.1 Å². The van der Waals surface area contributed by atoms with E-state index in [-0.39, 0.29) is 40.4 Å². The molecule has 6 aliphatic heterocycles. The summed E-state index contributed by atoms with van der Waals surface area (Å²) in [4.78, 5) is 90.9. The Morgan fingerprint density at radius 2 is 0.862 bits per heavy atom. The molecular formula is C64H67ClF2N8O12. The van der Waals surface area contributed by atoms with E-state index in [2.05, 4.69) is 10.3 Å². The Morgan fingerprint density at radius 1 is 0.494 bits per heavy atom. The average molecular weight is 1210 g/mol. The molecule has 0 saturated carbocycles. The number of nitrogens with one attached hydrogen (secondary N) is 1. The van der Waals surface area contributed by atoms with Gasteiger partial charge in [0.15, 0.2) is 23.1 Å². The third-order valence-corrected chi connectivity index (χ3v) is 16.5. The van der Waals surface area contributed by atoms with Crippen LogP contribution in [0.15, 0.2) is 109 Å². The van der Waals surface area contributed by atoms with E-state index in [1.807, 2.05) is 48.5 Å². The molecule has 456 valence electrons. The molecule has 4 saturated heterocycles. The van der Waals surface area contributed by atoms with Gasteiger partial charge in [-0.2, -0.15) is 0 Å². The lowest BCUT2D eigenvalue weighted by atomic mass is 9.69. The van der Waals surface area contributed by atoms with E-state index in [1.54, 1.807) is 90.9 Å². The number of carbonyl (C=O) groups excluding carboxylic acids is 6. The lowest BCUT2D eigenvalue weighted by Crippen LogP contribution is -2.52. The highest BCUT2D eigenvalue weighted by atomic mass is 35.5. The summed E-state index contributed by atoms with van der Waals surface area (Å²) in [5.41, 5.74) is 9.69. The molecule has 0 bridgehead atoms. The number of rotatable bonds is 8. The zero-order valence-corrected chi connectivity index (χ0v) is 49.4. The molecule has 0 spiro atoms. The third-order valence-electron chi connectivity index (χ3n) is 16.3. The Hall–Kier alpha value is -8.41. The van der Waals surface area contributed by atoms with E-state index in [4.69, 9.17) is 50.7 Å². The zero-order valence-electron chi connectivity index (χ0n) is 48.7. The number of halogens is 3. The van der Waals surface area contributed by atoms with Crippen molar-refractivity contribution in [3.63, 3.8) is 0 Å². The highest BCUT2D eigenvalue weighted by Crippen LogP contribution is 2.54. The number of pyridine rings is 2. The van der Waals surface area contributed by atoms with E-state index in [9.17, 15) is 33.2 Å². The molecule has 0 unspecified atom stereocenters. The molecule has 20 nitrogen and oxygen atoms in total. The van der Waals surface area contributed by atoms with Crippen molar-refractivity contribution in [2.75, 3.05) is 105 Å². The molecule has 12 rings (SSSR count). The summed E-state index contributed by atoms with van der Waals surface area (Å²) in [6, 6.07) is 30.4. The number of hydrogen-bond donors (Lipinski definition) is 2. The Morgan fingerprint density at radius 3 is 1.23 bits per heavy atom. The maximum atomic E-state index is 15.1. The zero-order chi connectivity index (χ0) is 61.6. The Balaban J connectivity index is 0.000000171. The first-order valence-electron chi connectivity index (χ1n) is 28.7. The lowest BCUT2D eigenvalue weighted by Gasteiger charge is -2.38. The van der Waals surface area contributed by atoms with E-state index >= 15 is 4.39 Å². The number of amides is 7. The van der Waals surface area contributed by atoms with Gasteiger partial charge in [0.1, 0.15) is 0 Å². The molecule has 0 radical (unpaired) electrons. The number of para-hydroxylation sites is 2. The normalized spacial score (nSPS) is 18.0. The molecule has 23 heteroatoms. The number of carbonyl (C=O) groups is 6. The number of urea groups is 1. The van der Waals surface area contributed by atoms with Crippen LogP contribution in [0.5, 0.6) is 23.3 Å². The first kappa shape index (κ1) is 61.7. The first-order valence-corrected chi connectivity index (χ1v) is 29.1. The molecule has 4 aromatic carbocycles. The summed E-state index contributed by atoms with van der Waals surface area (Å²) < 4.78 is 62.7. The van der Waals surface area contributed by atoms with Crippen molar-refractivity contribution in [1.29, 1.82) is 0 Å². The van der Waals surface area contributed by atoms with Gasteiger partial charge in [-0.25, -0.2) is 23.5 Å². The Bertz CT molecular complexity index is 3550. The standard InChI is InChI=1S/C32H33FN4O6.C27H26FN3O4.C5H8ClNO2/c1-32(2,30(39)35-31(40)37-14-18-42-19-15-37)26-22-4-3-5-24(33)27(22)43-28-23(26)10-11-25(34-28)20-6-8-21(9-7-20)29(38)36-12-16-41-17-13-36;1-27(2,26(29)33)22-18-4-3-5-20(28)23(18)35-24-19(22)10-11-21(30-24)16-6-8-17(9-7-16)25(32)31-12-14-34-15-13-31;6-5(8)7-1-3-9-4-2-7/h3-11,26H,12-19H2,1-2H3,(H,35,39,40);3-11,22H,12-15H2,1-2H3,(H2,29,33);1-4H2/t26-;22-;/m00./s1. The largest absolute Gasteiger partial charge is 0.435 e. The summed E-state index contributed by atoms with van der Waals surface area (Å²) in [7, 11) is 0. The number of primary amides is 1. The van der Waals surface area contributed by atoms with Gasteiger partial charge in [0.2, 0.25) is 23.6 Å². The lowest BCUT2D eigenvalue weighted by molar-refractivity contribution is -0.129. The summed E-state index contributed by atoms with van der Waals surface area (Å²) in [5, 5.41) is 2.16. The van der Waals surface area contributed by atoms with Crippen LogP contribution in [0.4, 0.5) is 18.4 Å². The molecule has 8 heterocycles. The molecule has 0 aliphatic carbocycles. The minimum absolute atomic E-state index is 0.00325. The molecule has 6 aliphatic rings. The van der Waals surface area contributed by atoms with Crippen molar-refractivity contribution in [1.82, 2.24) is 34.9 Å². The number of morpholine rings is 4. The maximum Gasteiger partial charge on any atom is 0.324 e. The molecule has 4 fully saturated rings. The summed E-state index contributed by atoms with van der Waals surface area (Å²) >= 11 is 5.19. The molecule has 87 heavy (non-hydrogen) atoms. The van der Waals surface area contributed by atoms with E-state index in [0.29, 0.717) is 150 Å². The second-order valence-corrected chi connectivity index (χ2v) is 22.9. The highest BCUT2D eigenvalue weighted by molar-refractivity contribution is 6.62. The van der Waals surface area contributed by atoms with Gasteiger partial charge >= 0.3 is 11.4 Å². The monoisotopic (exact) mass is 1210 g/mol. The molecule has 2 aromatic heterocycles. The van der Waals surface area contributed by atoms with Gasteiger partial charge in [-0.05, 0) is 60.1 Å². The number of nitrogens with zero attached hydrogens (tertiary/aromatic N) is 6. The minimum atomic E-state index is -1.19. The Kier molecular flexibility index (Phi) is 18.9. The van der Waals surface area contributed by atoms with Crippen molar-refractivity contribution in [2.24, 2.45) is 16.6 Å². The van der Waals surface area contributed by atoms with Crippen molar-refractivity contribution in [3.8, 4) is 45.8 Å². The van der Waals surface area contributed by atoms with Gasteiger partial charge in [0, 0.05) is 109 Å². The van der Waals surface area contributed by atoms with Gasteiger partial charge in [-0.3, -0.25) is 29.3 Å². The van der Waals surface area contributed by atoms with Crippen LogP contribution in [0.25, 0.3) is 22.5 Å². The second-order valence-electron chi connectivity index (χ2n) is 22.6. The third kappa shape index (κ3) is 13.4. The number of nitrogens with two attached hydrogens (primary N) is 1. The summed E-state index contributed by atoms with van der Waals surface area (Å²) in [6.07, 6.45) is 0. The van der Waals surface area contributed by atoms with Gasteiger partial charge < -0.3 is 53.8 Å². The quantitative estimate of drug-likeness (QED) is 0.107. The number of imide groups is 1. The first-order chi connectivity index (χ1) is 41.8. The van der Waals surface area contributed by atoms with Crippen LogP contribution in [0, 0.1) is 22.5 Å². The van der Waals surface area contributed by atoms with Crippen LogP contribution < -0.4 is 20.5 Å². The fourth-order valence-electron chi connectivity index (χ4n) is 11.2. The molecular weight excluding hydrogens is 1150 g/mol. The van der Waals surface area contributed by atoms with E-state index in [1.165, 1.54) is 17.0 Å². The number of fused-ring (bicyclic) bond motifs is 4. The molecule has 3 N–H and O–H groups in total. The smallest absolute Gasteiger partial charge is 0.324 e. The van der Waals surface area contributed by atoms with Crippen LogP contribution in [-0.2, 0) is 28.5 Å². The highest BCUT2D eigenvalue weighted by Gasteiger charge is 2.47. The molecule has 7 amide bonds. The van der Waals surface area contributed by atoms with Gasteiger partial charge in [0.05, 0.1) is 75.1 Å². The number of hydrogen-bond acceptors (Lipinski definition) is 14. The topological polar surface area (TPSA) is 235 Å². The average Bonchev–Trinajstić information content (AvgIpc) is 0.846. The van der Waals surface area contributed by atoms with Crippen molar-refractivity contribution in [2.45, 2.75) is 39.5 Å². The fraction of sp³-hybridized carbons (Fsp3) is 0.375. The van der Waals surface area contributed by atoms with Crippen molar-refractivity contribution in [3.05, 3.63) is 154 Å². The van der Waals surface area contributed by atoms with Crippen molar-refractivity contribution < 1.29 is 66.0 Å². The SMILES string of the molecule is CC(C)(C(=O)NC(=O)N1CCOCC1)[C@@H]1c2ccc(-c3ccc(C(=O)N4CCOCC4)cc3)nc2Oc2c(F)cccc21.CC(C)(C(N)=O)[C@@H]1c2ccc(-c3ccc(C(=O)N4CCOCC4)cc3)nc2Oc2c(F)cccc21.O=C(Cl)N1CCOCC1.